The maximum Gasteiger partial charge on any atom is 0.242 e. The average molecular weight is 223 g/mol. The highest BCUT2D eigenvalue weighted by Crippen LogP contribution is 2.18. The maximum absolute atomic E-state index is 11.6. The molecule has 1 aromatic rings. The van der Waals surface area contributed by atoms with Crippen molar-refractivity contribution in [3.05, 3.63) is 18.3 Å². The van der Waals surface area contributed by atoms with E-state index in [0.29, 0.717) is 12.3 Å². The van der Waals surface area contributed by atoms with E-state index >= 15 is 0 Å². The minimum atomic E-state index is -0.582. The molecule has 16 heavy (non-hydrogen) atoms. The topological polar surface area (TPSA) is 88.2 Å². The highest BCUT2D eigenvalue weighted by Gasteiger charge is 2.16. The Morgan fingerprint density at radius 2 is 2.31 bits per heavy atom. The highest BCUT2D eigenvalue weighted by atomic mass is 16.3. The molecule has 1 amide bonds. The van der Waals surface area contributed by atoms with Crippen molar-refractivity contribution in [2.24, 2.45) is 11.7 Å². The fraction of sp³-hybridized carbons (Fsp3) is 0.455. The van der Waals surface area contributed by atoms with Crippen molar-refractivity contribution in [1.82, 2.24) is 4.98 Å². The number of carbonyl (C=O) groups is 1. The van der Waals surface area contributed by atoms with Gasteiger partial charge in [0.15, 0.2) is 11.6 Å². The third kappa shape index (κ3) is 3.51. The predicted octanol–water partition coefficient (Wildman–Crippen LogP) is 1.10. The molecule has 1 atom stereocenters. The van der Waals surface area contributed by atoms with Crippen LogP contribution in [0.4, 0.5) is 5.82 Å². The van der Waals surface area contributed by atoms with Crippen LogP contribution in [0, 0.1) is 5.92 Å². The van der Waals surface area contributed by atoms with Gasteiger partial charge in [0.1, 0.15) is 0 Å². The number of amides is 1. The van der Waals surface area contributed by atoms with Gasteiger partial charge < -0.3 is 16.2 Å². The van der Waals surface area contributed by atoms with Gasteiger partial charge in [0.2, 0.25) is 5.91 Å². The van der Waals surface area contributed by atoms with Crippen molar-refractivity contribution in [3.8, 4) is 5.75 Å². The number of carbonyl (C=O) groups excluding carboxylic acids is 1. The van der Waals surface area contributed by atoms with Crippen molar-refractivity contribution in [3.63, 3.8) is 0 Å². The summed E-state index contributed by atoms with van der Waals surface area (Å²) in [5.74, 6) is 0.0973. The summed E-state index contributed by atoms with van der Waals surface area (Å²) in [6, 6.07) is 2.46. The van der Waals surface area contributed by atoms with Gasteiger partial charge in [0.05, 0.1) is 6.04 Å². The molecular formula is C11H17N3O2. The molecule has 0 bridgehead atoms. The number of nitrogens with zero attached hydrogens (tertiary/aromatic N) is 1. The molecule has 4 N–H and O–H groups in total. The molecule has 1 heterocycles. The molecule has 0 unspecified atom stereocenters. The van der Waals surface area contributed by atoms with Crippen LogP contribution < -0.4 is 11.1 Å². The number of aromatic nitrogens is 1. The van der Waals surface area contributed by atoms with Gasteiger partial charge in [0.25, 0.3) is 0 Å². The minimum Gasteiger partial charge on any atom is -0.504 e. The van der Waals surface area contributed by atoms with Gasteiger partial charge in [0, 0.05) is 6.20 Å². The van der Waals surface area contributed by atoms with Gasteiger partial charge in [-0.2, -0.15) is 0 Å². The van der Waals surface area contributed by atoms with E-state index in [1.54, 1.807) is 6.07 Å². The SMILES string of the molecule is CC(C)C[C@H](N)C(=O)Nc1ncccc1O. The Kier molecular flexibility index (Phi) is 4.25. The smallest absolute Gasteiger partial charge is 0.242 e. The Bertz CT molecular complexity index is 366. The fourth-order valence-corrected chi connectivity index (χ4v) is 1.32. The van der Waals surface area contributed by atoms with E-state index in [-0.39, 0.29) is 17.5 Å². The van der Waals surface area contributed by atoms with Crippen LogP contribution >= 0.6 is 0 Å². The van der Waals surface area contributed by atoms with E-state index in [4.69, 9.17) is 5.73 Å². The van der Waals surface area contributed by atoms with Gasteiger partial charge in [-0.25, -0.2) is 4.98 Å². The van der Waals surface area contributed by atoms with Crippen molar-refractivity contribution >= 4 is 11.7 Å². The Morgan fingerprint density at radius 1 is 1.62 bits per heavy atom. The average Bonchev–Trinajstić information content (AvgIpc) is 2.20. The van der Waals surface area contributed by atoms with E-state index in [2.05, 4.69) is 10.3 Å². The van der Waals surface area contributed by atoms with Crippen LogP contribution in [0.15, 0.2) is 18.3 Å². The van der Waals surface area contributed by atoms with Crippen LogP contribution in [0.5, 0.6) is 5.75 Å². The summed E-state index contributed by atoms with van der Waals surface area (Å²) in [6.07, 6.45) is 2.09. The molecule has 0 aliphatic heterocycles. The second-order valence-corrected chi connectivity index (χ2v) is 4.10. The summed E-state index contributed by atoms with van der Waals surface area (Å²) in [7, 11) is 0. The van der Waals surface area contributed by atoms with Gasteiger partial charge in [-0.1, -0.05) is 13.8 Å². The molecule has 5 nitrogen and oxygen atoms in total. The molecule has 0 aromatic carbocycles. The molecule has 0 aliphatic rings. The molecule has 1 aromatic heterocycles. The number of anilines is 1. The van der Waals surface area contributed by atoms with E-state index in [1.807, 2.05) is 13.8 Å². The monoisotopic (exact) mass is 223 g/mol. The quantitative estimate of drug-likeness (QED) is 0.713. The molecule has 88 valence electrons. The largest absolute Gasteiger partial charge is 0.504 e. The van der Waals surface area contributed by atoms with Crippen LogP contribution in [-0.4, -0.2) is 22.0 Å². The standard InChI is InChI=1S/C11H17N3O2/c1-7(2)6-8(12)11(16)14-10-9(15)4-3-5-13-10/h3-5,7-8,15H,6,12H2,1-2H3,(H,13,14,16)/t8-/m0/s1. The van der Waals surface area contributed by atoms with Gasteiger partial charge >= 0.3 is 0 Å². The molecular weight excluding hydrogens is 206 g/mol. The lowest BCUT2D eigenvalue weighted by molar-refractivity contribution is -0.117. The van der Waals surface area contributed by atoms with E-state index in [9.17, 15) is 9.90 Å². The fourth-order valence-electron chi connectivity index (χ4n) is 1.32. The van der Waals surface area contributed by atoms with Crippen molar-refractivity contribution in [2.75, 3.05) is 5.32 Å². The normalized spacial score (nSPS) is 12.5. The van der Waals surface area contributed by atoms with Crippen LogP contribution in [0.2, 0.25) is 0 Å². The van der Waals surface area contributed by atoms with Crippen molar-refractivity contribution in [2.45, 2.75) is 26.3 Å². The van der Waals surface area contributed by atoms with Gasteiger partial charge in [-0.05, 0) is 24.5 Å². The van der Waals surface area contributed by atoms with Crippen LogP contribution in [0.25, 0.3) is 0 Å². The number of pyridine rings is 1. The van der Waals surface area contributed by atoms with Crippen LogP contribution in [-0.2, 0) is 4.79 Å². The first-order valence-electron chi connectivity index (χ1n) is 5.21. The van der Waals surface area contributed by atoms with E-state index in [0.717, 1.165) is 0 Å². The third-order valence-electron chi connectivity index (χ3n) is 2.09. The van der Waals surface area contributed by atoms with Crippen molar-refractivity contribution in [1.29, 1.82) is 0 Å². The Labute approximate surface area is 94.7 Å². The number of rotatable bonds is 4. The lowest BCUT2D eigenvalue weighted by Crippen LogP contribution is -2.36. The molecule has 0 fully saturated rings. The summed E-state index contributed by atoms with van der Waals surface area (Å²) >= 11 is 0. The number of nitrogens with two attached hydrogens (primary N) is 1. The first kappa shape index (κ1) is 12.4. The van der Waals surface area contributed by atoms with Gasteiger partial charge in [-0.15, -0.1) is 0 Å². The summed E-state index contributed by atoms with van der Waals surface area (Å²) in [5, 5.41) is 11.9. The zero-order valence-corrected chi connectivity index (χ0v) is 9.47. The maximum atomic E-state index is 11.6. The Balaban J connectivity index is 2.61. The van der Waals surface area contributed by atoms with E-state index in [1.165, 1.54) is 12.3 Å². The Morgan fingerprint density at radius 3 is 2.88 bits per heavy atom. The summed E-state index contributed by atoms with van der Waals surface area (Å²) in [6.45, 7) is 3.98. The van der Waals surface area contributed by atoms with Crippen LogP contribution in [0.1, 0.15) is 20.3 Å². The molecule has 1 rings (SSSR count). The summed E-state index contributed by atoms with van der Waals surface area (Å²) in [5.41, 5.74) is 5.69. The number of hydrogen-bond donors (Lipinski definition) is 3. The second kappa shape index (κ2) is 5.46. The summed E-state index contributed by atoms with van der Waals surface area (Å²) < 4.78 is 0. The molecule has 0 radical (unpaired) electrons. The van der Waals surface area contributed by atoms with Gasteiger partial charge in [-0.3, -0.25) is 4.79 Å². The summed E-state index contributed by atoms with van der Waals surface area (Å²) in [4.78, 5) is 15.5. The zero-order chi connectivity index (χ0) is 12.1. The van der Waals surface area contributed by atoms with Crippen LogP contribution in [0.3, 0.4) is 0 Å². The molecule has 0 saturated heterocycles. The lowest BCUT2D eigenvalue weighted by atomic mass is 10.0. The lowest BCUT2D eigenvalue weighted by Gasteiger charge is -2.13. The molecule has 0 spiro atoms. The number of aromatic hydroxyl groups is 1. The molecule has 0 saturated carbocycles. The number of nitrogens with one attached hydrogen (secondary N) is 1. The second-order valence-electron chi connectivity index (χ2n) is 4.10. The first-order chi connectivity index (χ1) is 7.50. The van der Waals surface area contributed by atoms with E-state index < -0.39 is 6.04 Å². The zero-order valence-electron chi connectivity index (χ0n) is 9.47. The third-order valence-corrected chi connectivity index (χ3v) is 2.09. The van der Waals surface area contributed by atoms with Crippen molar-refractivity contribution < 1.29 is 9.90 Å². The predicted molar refractivity (Wildman–Crippen MR) is 62.0 cm³/mol. The molecule has 5 heteroatoms. The highest BCUT2D eigenvalue weighted by molar-refractivity contribution is 5.94. The first-order valence-corrected chi connectivity index (χ1v) is 5.21. The minimum absolute atomic E-state index is 0.0624. The number of hydrogen-bond acceptors (Lipinski definition) is 4. The molecule has 0 aliphatic carbocycles. The Hall–Kier alpha value is -1.62.